The van der Waals surface area contributed by atoms with Crippen LogP contribution in [0.2, 0.25) is 0 Å². The molecule has 7 rings (SSSR count). The quantitative estimate of drug-likeness (QED) is 0.266. The molecule has 6 aromatic rings. The van der Waals surface area contributed by atoms with Crippen molar-refractivity contribution in [3.05, 3.63) is 127 Å². The van der Waals surface area contributed by atoms with Crippen molar-refractivity contribution < 1.29 is 0 Å². The van der Waals surface area contributed by atoms with Gasteiger partial charge in [0.1, 0.15) is 11.5 Å². The molecule has 3 heterocycles. The monoisotopic (exact) mass is 463 g/mol. The second-order valence-electron chi connectivity index (χ2n) is 9.93. The summed E-state index contributed by atoms with van der Waals surface area (Å²) < 4.78 is 2.16. The Morgan fingerprint density at radius 1 is 0.667 bits per heavy atom. The minimum atomic E-state index is -0.0174. The summed E-state index contributed by atoms with van der Waals surface area (Å²) in [5.41, 5.74) is 11.8. The molecule has 0 amide bonds. The van der Waals surface area contributed by atoms with Gasteiger partial charge in [-0.15, -0.1) is 0 Å². The third-order valence-electron chi connectivity index (χ3n) is 7.50. The highest BCUT2D eigenvalue weighted by Gasteiger charge is 2.36. The maximum absolute atomic E-state index is 5.10. The predicted molar refractivity (Wildman–Crippen MR) is 147 cm³/mol. The Hall–Kier alpha value is -4.50. The number of pyridine rings is 2. The van der Waals surface area contributed by atoms with Gasteiger partial charge in [-0.05, 0) is 63.7 Å². The second kappa shape index (κ2) is 7.76. The molecule has 0 saturated heterocycles. The molecule has 172 valence electrons. The van der Waals surface area contributed by atoms with Gasteiger partial charge in [0, 0.05) is 23.4 Å². The van der Waals surface area contributed by atoms with Gasteiger partial charge in [0.15, 0.2) is 0 Å². The van der Waals surface area contributed by atoms with E-state index in [1.165, 1.54) is 33.4 Å². The van der Waals surface area contributed by atoms with Gasteiger partial charge in [-0.25, -0.2) is 4.98 Å². The summed E-state index contributed by atoms with van der Waals surface area (Å²) in [6.45, 7) is 4.65. The van der Waals surface area contributed by atoms with Crippen LogP contribution in [0.3, 0.4) is 0 Å². The molecule has 0 spiro atoms. The molecular formula is C33H25N3. The van der Waals surface area contributed by atoms with Crippen molar-refractivity contribution >= 4 is 5.52 Å². The van der Waals surface area contributed by atoms with E-state index >= 15 is 0 Å². The van der Waals surface area contributed by atoms with Crippen LogP contribution in [0.25, 0.3) is 50.5 Å². The second-order valence-corrected chi connectivity index (χ2v) is 9.93. The highest BCUT2D eigenvalue weighted by atomic mass is 15.0. The third-order valence-corrected chi connectivity index (χ3v) is 7.50. The largest absolute Gasteiger partial charge is 0.299 e. The number of hydrogen-bond donors (Lipinski definition) is 0. The number of rotatable bonds is 3. The fourth-order valence-electron chi connectivity index (χ4n) is 5.75. The maximum atomic E-state index is 5.10. The van der Waals surface area contributed by atoms with Crippen LogP contribution < -0.4 is 0 Å². The average molecular weight is 464 g/mol. The first-order valence-electron chi connectivity index (χ1n) is 12.4. The Labute approximate surface area is 210 Å². The van der Waals surface area contributed by atoms with Crippen LogP contribution in [0.4, 0.5) is 0 Å². The van der Waals surface area contributed by atoms with E-state index in [-0.39, 0.29) is 5.41 Å². The van der Waals surface area contributed by atoms with Gasteiger partial charge in [-0.3, -0.25) is 9.38 Å². The molecule has 3 heteroatoms. The summed E-state index contributed by atoms with van der Waals surface area (Å²) in [5.74, 6) is 0.918. The zero-order chi connectivity index (χ0) is 24.3. The van der Waals surface area contributed by atoms with E-state index in [1.807, 2.05) is 30.5 Å². The number of nitrogens with zero attached hydrogens (tertiary/aromatic N) is 3. The number of fused-ring (bicyclic) bond motifs is 4. The first-order chi connectivity index (χ1) is 17.6. The van der Waals surface area contributed by atoms with Crippen molar-refractivity contribution in [2.24, 2.45) is 0 Å². The minimum Gasteiger partial charge on any atom is -0.299 e. The zero-order valence-electron chi connectivity index (χ0n) is 20.3. The predicted octanol–water partition coefficient (Wildman–Crippen LogP) is 8.04. The first-order valence-corrected chi connectivity index (χ1v) is 12.4. The SMILES string of the molecule is CC1(C)c2ccccc2-c2c(-c3cccc(-c4nc(-c5ccccn5)c5ccccn45)c3)cccc21. The normalized spacial score (nSPS) is 13.5. The molecule has 3 nitrogen and oxygen atoms in total. The average Bonchev–Trinajstić information content (AvgIpc) is 3.43. The Balaban J connectivity index is 1.43. The molecule has 36 heavy (non-hydrogen) atoms. The summed E-state index contributed by atoms with van der Waals surface area (Å²) >= 11 is 0. The maximum Gasteiger partial charge on any atom is 0.145 e. The Morgan fingerprint density at radius 2 is 1.42 bits per heavy atom. The first kappa shape index (κ1) is 20.8. The number of benzene rings is 3. The van der Waals surface area contributed by atoms with E-state index in [0.717, 1.165) is 28.3 Å². The zero-order valence-corrected chi connectivity index (χ0v) is 20.3. The molecule has 0 saturated carbocycles. The lowest BCUT2D eigenvalue weighted by Crippen LogP contribution is -2.14. The smallest absolute Gasteiger partial charge is 0.145 e. The highest BCUT2D eigenvalue weighted by molar-refractivity contribution is 5.93. The summed E-state index contributed by atoms with van der Waals surface area (Å²) in [5, 5.41) is 0. The number of aromatic nitrogens is 3. The molecule has 1 aliphatic rings. The van der Waals surface area contributed by atoms with Gasteiger partial charge < -0.3 is 0 Å². The Kier molecular flexibility index (Phi) is 4.49. The molecule has 0 radical (unpaired) electrons. The van der Waals surface area contributed by atoms with Crippen molar-refractivity contribution in [3.63, 3.8) is 0 Å². The van der Waals surface area contributed by atoms with E-state index in [1.54, 1.807) is 0 Å². The minimum absolute atomic E-state index is 0.0174. The standard InChI is InChI=1S/C33H25N3/c1-33(2)26-15-4-3-13-25(26)30-24(14-10-16-27(30)33)22-11-9-12-23(21-22)32-35-31(28-17-5-7-19-34-28)29-18-6-8-20-36(29)32/h3-21H,1-2H3. The molecule has 0 unspecified atom stereocenters. The molecule has 3 aromatic carbocycles. The van der Waals surface area contributed by atoms with Crippen LogP contribution in [0.1, 0.15) is 25.0 Å². The molecular weight excluding hydrogens is 438 g/mol. The summed E-state index contributed by atoms with van der Waals surface area (Å²) in [7, 11) is 0. The molecule has 3 aromatic heterocycles. The number of imidazole rings is 1. The van der Waals surface area contributed by atoms with Gasteiger partial charge in [0.05, 0.1) is 11.2 Å². The molecule has 0 bridgehead atoms. The van der Waals surface area contributed by atoms with Crippen molar-refractivity contribution in [3.8, 4) is 45.0 Å². The van der Waals surface area contributed by atoms with Crippen LogP contribution in [0, 0.1) is 0 Å². The molecule has 0 aliphatic heterocycles. The van der Waals surface area contributed by atoms with Gasteiger partial charge in [0.25, 0.3) is 0 Å². The van der Waals surface area contributed by atoms with Gasteiger partial charge >= 0.3 is 0 Å². The van der Waals surface area contributed by atoms with Crippen LogP contribution in [-0.4, -0.2) is 14.4 Å². The van der Waals surface area contributed by atoms with Crippen molar-refractivity contribution in [2.45, 2.75) is 19.3 Å². The van der Waals surface area contributed by atoms with Crippen LogP contribution in [0.15, 0.2) is 116 Å². The van der Waals surface area contributed by atoms with Gasteiger partial charge in [-0.2, -0.15) is 0 Å². The molecule has 0 N–H and O–H groups in total. The third kappa shape index (κ3) is 2.99. The van der Waals surface area contributed by atoms with E-state index in [4.69, 9.17) is 4.98 Å². The van der Waals surface area contributed by atoms with Gasteiger partial charge in [-0.1, -0.05) is 86.6 Å². The topological polar surface area (TPSA) is 30.2 Å². The lowest BCUT2D eigenvalue weighted by Gasteiger charge is -2.21. The van der Waals surface area contributed by atoms with E-state index in [9.17, 15) is 0 Å². The van der Waals surface area contributed by atoms with Crippen molar-refractivity contribution in [2.75, 3.05) is 0 Å². The molecule has 0 fully saturated rings. The summed E-state index contributed by atoms with van der Waals surface area (Å²) in [4.78, 5) is 9.67. The fraction of sp³-hybridized carbons (Fsp3) is 0.0909. The number of hydrogen-bond acceptors (Lipinski definition) is 2. The van der Waals surface area contributed by atoms with Crippen molar-refractivity contribution in [1.82, 2.24) is 14.4 Å². The fourth-order valence-corrected chi connectivity index (χ4v) is 5.75. The van der Waals surface area contributed by atoms with Crippen LogP contribution in [0.5, 0.6) is 0 Å². The van der Waals surface area contributed by atoms with Crippen LogP contribution in [-0.2, 0) is 5.41 Å². The lowest BCUT2D eigenvalue weighted by molar-refractivity contribution is 0.660. The van der Waals surface area contributed by atoms with E-state index in [2.05, 4.69) is 108 Å². The highest BCUT2D eigenvalue weighted by Crippen LogP contribution is 2.52. The molecule has 0 atom stereocenters. The van der Waals surface area contributed by atoms with Crippen LogP contribution >= 0.6 is 0 Å². The summed E-state index contributed by atoms with van der Waals surface area (Å²) in [6.07, 6.45) is 3.90. The summed E-state index contributed by atoms with van der Waals surface area (Å²) in [6, 6.07) is 36.5. The molecule has 1 aliphatic carbocycles. The van der Waals surface area contributed by atoms with Crippen molar-refractivity contribution in [1.29, 1.82) is 0 Å². The van der Waals surface area contributed by atoms with Gasteiger partial charge in [0.2, 0.25) is 0 Å². The van der Waals surface area contributed by atoms with E-state index < -0.39 is 0 Å². The lowest BCUT2D eigenvalue weighted by atomic mass is 9.82. The van der Waals surface area contributed by atoms with E-state index in [0.29, 0.717) is 0 Å². The Bertz CT molecular complexity index is 1760. The Morgan fingerprint density at radius 3 is 2.31 bits per heavy atom.